The molecule has 0 aromatic rings. The fourth-order valence-electron chi connectivity index (χ4n) is 1.08. The highest BCUT2D eigenvalue weighted by Gasteiger charge is 2.48. The van der Waals surface area contributed by atoms with E-state index in [1.807, 2.05) is 0 Å². The predicted octanol–water partition coefficient (Wildman–Crippen LogP) is 1.96. The second kappa shape index (κ2) is 3.90. The minimum atomic E-state index is -5.45. The van der Waals surface area contributed by atoms with Crippen LogP contribution in [0.4, 0.5) is 13.2 Å². The molecule has 0 bridgehead atoms. The SMILES string of the molecule is O=S(=O)(OC1C=CCCC1)C(F)(F)F. The van der Waals surface area contributed by atoms with Crippen LogP contribution in [0.15, 0.2) is 12.2 Å². The van der Waals surface area contributed by atoms with E-state index in [-0.39, 0.29) is 0 Å². The predicted molar refractivity (Wildman–Crippen MR) is 42.8 cm³/mol. The highest BCUT2D eigenvalue weighted by Crippen LogP contribution is 2.27. The number of allylic oxidation sites excluding steroid dienone is 1. The third-order valence-corrected chi connectivity index (χ3v) is 2.81. The van der Waals surface area contributed by atoms with Crippen LogP contribution in [0, 0.1) is 0 Å². The molecule has 0 saturated carbocycles. The Morgan fingerprint density at radius 3 is 2.43 bits per heavy atom. The summed E-state index contributed by atoms with van der Waals surface area (Å²) in [6.07, 6.45) is 3.65. The summed E-state index contributed by atoms with van der Waals surface area (Å²) in [4.78, 5) is 0. The van der Waals surface area contributed by atoms with Gasteiger partial charge >= 0.3 is 15.6 Å². The van der Waals surface area contributed by atoms with Crippen molar-refractivity contribution in [2.24, 2.45) is 0 Å². The van der Waals surface area contributed by atoms with E-state index in [4.69, 9.17) is 0 Å². The van der Waals surface area contributed by atoms with Gasteiger partial charge in [0.25, 0.3) is 0 Å². The fourth-order valence-corrected chi connectivity index (χ4v) is 1.67. The first kappa shape index (κ1) is 11.5. The largest absolute Gasteiger partial charge is 0.523 e. The summed E-state index contributed by atoms with van der Waals surface area (Å²) < 4.78 is 60.6. The van der Waals surface area contributed by atoms with Crippen molar-refractivity contribution in [2.75, 3.05) is 0 Å². The molecule has 0 aromatic carbocycles. The third-order valence-electron chi connectivity index (χ3n) is 1.74. The summed E-state index contributed by atoms with van der Waals surface area (Å²) >= 11 is 0. The van der Waals surface area contributed by atoms with E-state index in [2.05, 4.69) is 4.18 Å². The molecule has 0 aromatic heterocycles. The summed E-state index contributed by atoms with van der Waals surface area (Å²) in [6.45, 7) is 0. The van der Waals surface area contributed by atoms with Gasteiger partial charge in [-0.05, 0) is 19.3 Å². The van der Waals surface area contributed by atoms with Gasteiger partial charge in [0.15, 0.2) is 0 Å². The molecule has 1 atom stereocenters. The number of alkyl halides is 3. The number of hydrogen-bond acceptors (Lipinski definition) is 3. The van der Waals surface area contributed by atoms with Crippen molar-refractivity contribution in [3.05, 3.63) is 12.2 Å². The van der Waals surface area contributed by atoms with Crippen LogP contribution < -0.4 is 0 Å². The molecule has 0 radical (unpaired) electrons. The molecule has 0 fully saturated rings. The van der Waals surface area contributed by atoms with Crippen LogP contribution in [-0.4, -0.2) is 20.0 Å². The molecule has 1 unspecified atom stereocenters. The van der Waals surface area contributed by atoms with Gasteiger partial charge in [-0.1, -0.05) is 12.2 Å². The van der Waals surface area contributed by atoms with Gasteiger partial charge in [0.05, 0.1) is 6.10 Å². The fraction of sp³-hybridized carbons (Fsp3) is 0.714. The highest BCUT2D eigenvalue weighted by molar-refractivity contribution is 7.87. The van der Waals surface area contributed by atoms with E-state index in [0.29, 0.717) is 12.8 Å². The lowest BCUT2D eigenvalue weighted by Crippen LogP contribution is -2.29. The molecule has 0 aliphatic heterocycles. The topological polar surface area (TPSA) is 43.4 Å². The van der Waals surface area contributed by atoms with Crippen LogP contribution in [0.25, 0.3) is 0 Å². The molecule has 1 rings (SSSR count). The maximum atomic E-state index is 11.9. The van der Waals surface area contributed by atoms with Crippen molar-refractivity contribution in [2.45, 2.75) is 30.9 Å². The van der Waals surface area contributed by atoms with Crippen LogP contribution in [0.1, 0.15) is 19.3 Å². The van der Waals surface area contributed by atoms with Crippen LogP contribution in [0.3, 0.4) is 0 Å². The Morgan fingerprint density at radius 2 is 2.00 bits per heavy atom. The molecule has 1 aliphatic carbocycles. The average Bonchev–Trinajstić information content (AvgIpc) is 2.03. The Morgan fingerprint density at radius 1 is 1.36 bits per heavy atom. The van der Waals surface area contributed by atoms with Crippen molar-refractivity contribution in [1.82, 2.24) is 0 Å². The molecule has 0 heterocycles. The maximum absolute atomic E-state index is 11.9. The second-order valence-electron chi connectivity index (χ2n) is 2.89. The van der Waals surface area contributed by atoms with E-state index in [9.17, 15) is 21.6 Å². The lowest BCUT2D eigenvalue weighted by atomic mass is 10.1. The molecule has 0 amide bonds. The van der Waals surface area contributed by atoms with Gasteiger partial charge < -0.3 is 0 Å². The van der Waals surface area contributed by atoms with Crippen LogP contribution in [0.5, 0.6) is 0 Å². The van der Waals surface area contributed by atoms with Gasteiger partial charge in [-0.3, -0.25) is 4.18 Å². The van der Waals surface area contributed by atoms with E-state index in [0.717, 1.165) is 6.42 Å². The minimum Gasteiger partial charge on any atom is -0.256 e. The first-order chi connectivity index (χ1) is 6.33. The Kier molecular flexibility index (Phi) is 3.20. The van der Waals surface area contributed by atoms with E-state index < -0.39 is 21.7 Å². The summed E-state index contributed by atoms with van der Waals surface area (Å²) in [5.74, 6) is 0. The normalized spacial score (nSPS) is 23.8. The molecule has 3 nitrogen and oxygen atoms in total. The Hall–Kier alpha value is -0.560. The van der Waals surface area contributed by atoms with Gasteiger partial charge in [-0.15, -0.1) is 0 Å². The van der Waals surface area contributed by atoms with E-state index in [1.54, 1.807) is 6.08 Å². The van der Waals surface area contributed by atoms with E-state index in [1.165, 1.54) is 6.08 Å². The zero-order valence-corrected chi connectivity index (χ0v) is 7.94. The van der Waals surface area contributed by atoms with Gasteiger partial charge in [0.1, 0.15) is 0 Å². The molecule has 0 saturated heterocycles. The zero-order chi connectivity index (χ0) is 10.8. The summed E-state index contributed by atoms with van der Waals surface area (Å²) in [7, 11) is -5.45. The minimum absolute atomic E-state index is 0.297. The van der Waals surface area contributed by atoms with Gasteiger partial charge in [-0.25, -0.2) is 0 Å². The third kappa shape index (κ3) is 2.71. The standard InChI is InChI=1S/C7H9F3O3S/c8-7(9,10)14(11,12)13-6-4-2-1-3-5-6/h2,4,6H,1,3,5H2. The molecule has 0 spiro atoms. The number of halogens is 3. The lowest BCUT2D eigenvalue weighted by Gasteiger charge is -2.17. The van der Waals surface area contributed by atoms with Gasteiger partial charge in [-0.2, -0.15) is 21.6 Å². The monoisotopic (exact) mass is 230 g/mol. The van der Waals surface area contributed by atoms with Crippen molar-refractivity contribution < 1.29 is 25.8 Å². The molecule has 14 heavy (non-hydrogen) atoms. The summed E-state index contributed by atoms with van der Waals surface area (Å²) in [6, 6.07) is 0. The molecular weight excluding hydrogens is 221 g/mol. The summed E-state index contributed by atoms with van der Waals surface area (Å²) in [5, 5.41) is 0. The van der Waals surface area contributed by atoms with E-state index >= 15 is 0 Å². The first-order valence-electron chi connectivity index (χ1n) is 3.99. The molecule has 82 valence electrons. The second-order valence-corrected chi connectivity index (χ2v) is 4.46. The van der Waals surface area contributed by atoms with Crippen molar-refractivity contribution >= 4 is 10.1 Å². The molecule has 0 N–H and O–H groups in total. The number of rotatable bonds is 2. The van der Waals surface area contributed by atoms with Gasteiger partial charge in [0, 0.05) is 0 Å². The van der Waals surface area contributed by atoms with Crippen molar-refractivity contribution in [3.63, 3.8) is 0 Å². The number of hydrogen-bond donors (Lipinski definition) is 0. The average molecular weight is 230 g/mol. The van der Waals surface area contributed by atoms with Crippen LogP contribution >= 0.6 is 0 Å². The first-order valence-corrected chi connectivity index (χ1v) is 5.40. The maximum Gasteiger partial charge on any atom is 0.523 e. The van der Waals surface area contributed by atoms with Gasteiger partial charge in [0.2, 0.25) is 0 Å². The molecule has 1 aliphatic rings. The summed E-state index contributed by atoms with van der Waals surface area (Å²) in [5.41, 5.74) is -5.34. The zero-order valence-electron chi connectivity index (χ0n) is 7.12. The highest BCUT2D eigenvalue weighted by atomic mass is 32.2. The Bertz CT molecular complexity index is 318. The Balaban J connectivity index is 2.68. The quantitative estimate of drug-likeness (QED) is 0.414. The Labute approximate surface area is 79.7 Å². The lowest BCUT2D eigenvalue weighted by molar-refractivity contribution is -0.0563. The van der Waals surface area contributed by atoms with Crippen LogP contribution in [0.2, 0.25) is 0 Å². The van der Waals surface area contributed by atoms with Crippen molar-refractivity contribution in [1.29, 1.82) is 0 Å². The van der Waals surface area contributed by atoms with Crippen LogP contribution in [-0.2, 0) is 14.3 Å². The van der Waals surface area contributed by atoms with Crippen molar-refractivity contribution in [3.8, 4) is 0 Å². The smallest absolute Gasteiger partial charge is 0.256 e. The molecule has 7 heteroatoms. The molecular formula is C7H9F3O3S.